The molecule has 1 aromatic heterocycles. The maximum absolute atomic E-state index is 10.0. The highest BCUT2D eigenvalue weighted by atomic mass is 35.5. The van der Waals surface area contributed by atoms with Crippen LogP contribution in [0.15, 0.2) is 12.1 Å². The fourth-order valence-corrected chi connectivity index (χ4v) is 2.79. The molecule has 0 saturated heterocycles. The van der Waals surface area contributed by atoms with Crippen molar-refractivity contribution in [1.82, 2.24) is 4.90 Å². The van der Waals surface area contributed by atoms with Crippen LogP contribution >= 0.6 is 22.9 Å². The molecule has 0 radical (unpaired) electrons. The van der Waals surface area contributed by atoms with E-state index in [9.17, 15) is 5.11 Å². The summed E-state index contributed by atoms with van der Waals surface area (Å²) in [6.07, 6.45) is -0.463. The van der Waals surface area contributed by atoms with E-state index in [2.05, 4.69) is 11.8 Å². The fraction of sp³-hybridized carbons (Fsp3) is 0.714. The summed E-state index contributed by atoms with van der Waals surface area (Å²) in [4.78, 5) is 3.41. The van der Waals surface area contributed by atoms with Crippen molar-refractivity contribution in [2.75, 3.05) is 19.7 Å². The van der Waals surface area contributed by atoms with Gasteiger partial charge in [0.25, 0.3) is 0 Å². The summed E-state index contributed by atoms with van der Waals surface area (Å²) >= 11 is 7.51. The summed E-state index contributed by atoms with van der Waals surface area (Å²) in [7, 11) is 0. The van der Waals surface area contributed by atoms with E-state index in [1.807, 2.05) is 32.9 Å². The van der Waals surface area contributed by atoms with Gasteiger partial charge in [-0.2, -0.15) is 0 Å². The van der Waals surface area contributed by atoms with Gasteiger partial charge in [0.05, 0.1) is 22.6 Å². The summed E-state index contributed by atoms with van der Waals surface area (Å²) in [6, 6.07) is 3.95. The van der Waals surface area contributed by atoms with E-state index < -0.39 is 6.10 Å². The van der Waals surface area contributed by atoms with Gasteiger partial charge in [0, 0.05) is 18.0 Å². The molecule has 0 spiro atoms. The summed E-state index contributed by atoms with van der Waals surface area (Å²) in [6.45, 7) is 10.8. The molecule has 0 saturated carbocycles. The molecule has 5 heteroatoms. The van der Waals surface area contributed by atoms with Crippen molar-refractivity contribution in [2.45, 2.75) is 45.9 Å². The van der Waals surface area contributed by atoms with E-state index in [0.29, 0.717) is 13.2 Å². The van der Waals surface area contributed by atoms with Gasteiger partial charge in [0.1, 0.15) is 0 Å². The first kappa shape index (κ1) is 16.9. The molecule has 0 aliphatic carbocycles. The zero-order valence-corrected chi connectivity index (χ0v) is 13.7. The minimum absolute atomic E-state index is 0.209. The maximum atomic E-state index is 10.0. The van der Waals surface area contributed by atoms with Gasteiger partial charge in [-0.05, 0) is 39.4 Å². The molecule has 1 unspecified atom stereocenters. The third-order valence-corrected chi connectivity index (χ3v) is 3.85. The molecule has 0 aromatic carbocycles. The molecule has 110 valence electrons. The molecule has 1 aromatic rings. The monoisotopic (exact) mass is 305 g/mol. The molecule has 0 aliphatic rings. The Morgan fingerprint density at radius 1 is 1.42 bits per heavy atom. The van der Waals surface area contributed by atoms with Crippen molar-refractivity contribution in [3.63, 3.8) is 0 Å². The van der Waals surface area contributed by atoms with Gasteiger partial charge in [0.2, 0.25) is 0 Å². The molecule has 0 aliphatic heterocycles. The van der Waals surface area contributed by atoms with E-state index in [0.717, 1.165) is 17.4 Å². The minimum Gasteiger partial charge on any atom is -0.389 e. The average molecular weight is 306 g/mol. The minimum atomic E-state index is -0.463. The standard InChI is InChI=1S/C14H24ClNO2S/c1-5-16(9-12-6-7-13(15)19-12)8-11(17)10-18-14(2,3)4/h6-7,11,17H,5,8-10H2,1-4H3. The van der Waals surface area contributed by atoms with Crippen molar-refractivity contribution in [3.05, 3.63) is 21.3 Å². The quantitative estimate of drug-likeness (QED) is 0.838. The fourth-order valence-electron chi connectivity index (χ4n) is 1.66. The Kier molecular flexibility index (Phi) is 6.77. The lowest BCUT2D eigenvalue weighted by atomic mass is 10.2. The summed E-state index contributed by atoms with van der Waals surface area (Å²) in [5.74, 6) is 0. The lowest BCUT2D eigenvalue weighted by Crippen LogP contribution is -2.36. The number of aliphatic hydroxyl groups is 1. The summed E-state index contributed by atoms with van der Waals surface area (Å²) < 4.78 is 6.40. The van der Waals surface area contributed by atoms with Crippen molar-refractivity contribution in [3.8, 4) is 0 Å². The second-order valence-corrected chi connectivity index (χ2v) is 7.41. The normalized spacial score (nSPS) is 14.1. The zero-order chi connectivity index (χ0) is 14.5. The smallest absolute Gasteiger partial charge is 0.0931 e. The predicted molar refractivity (Wildman–Crippen MR) is 82.0 cm³/mol. The first-order chi connectivity index (χ1) is 8.80. The van der Waals surface area contributed by atoms with Gasteiger partial charge in [-0.25, -0.2) is 0 Å². The van der Waals surface area contributed by atoms with Crippen LogP contribution in [0.4, 0.5) is 0 Å². The third-order valence-electron chi connectivity index (χ3n) is 2.63. The van der Waals surface area contributed by atoms with Gasteiger partial charge >= 0.3 is 0 Å². The van der Waals surface area contributed by atoms with Crippen molar-refractivity contribution in [2.24, 2.45) is 0 Å². The molecule has 1 heterocycles. The predicted octanol–water partition coefficient (Wildman–Crippen LogP) is 3.40. The average Bonchev–Trinajstić information content (AvgIpc) is 2.70. The SMILES string of the molecule is CCN(Cc1ccc(Cl)s1)CC(O)COC(C)(C)C. The Bertz CT molecular complexity index is 376. The molecule has 0 amide bonds. The van der Waals surface area contributed by atoms with Crippen LogP contribution in [0.5, 0.6) is 0 Å². The Labute approximate surface area is 125 Å². The highest BCUT2D eigenvalue weighted by molar-refractivity contribution is 7.16. The summed E-state index contributed by atoms with van der Waals surface area (Å²) in [5, 5.41) is 10.0. The van der Waals surface area contributed by atoms with E-state index in [1.165, 1.54) is 4.88 Å². The highest BCUT2D eigenvalue weighted by Crippen LogP contribution is 2.22. The number of ether oxygens (including phenoxy) is 1. The van der Waals surface area contributed by atoms with Crippen LogP contribution in [0, 0.1) is 0 Å². The number of aliphatic hydroxyl groups excluding tert-OH is 1. The molecule has 0 bridgehead atoms. The number of thiophene rings is 1. The van der Waals surface area contributed by atoms with Crippen molar-refractivity contribution < 1.29 is 9.84 Å². The highest BCUT2D eigenvalue weighted by Gasteiger charge is 2.16. The Balaban J connectivity index is 2.39. The molecule has 1 N–H and O–H groups in total. The van der Waals surface area contributed by atoms with Gasteiger partial charge < -0.3 is 9.84 Å². The van der Waals surface area contributed by atoms with Crippen LogP contribution in [-0.2, 0) is 11.3 Å². The van der Waals surface area contributed by atoms with Gasteiger partial charge in [-0.3, -0.25) is 4.90 Å². The van der Waals surface area contributed by atoms with E-state index in [1.54, 1.807) is 11.3 Å². The first-order valence-corrected chi connectivity index (χ1v) is 7.78. The lowest BCUT2D eigenvalue weighted by molar-refractivity contribution is -0.0563. The van der Waals surface area contributed by atoms with Crippen LogP contribution < -0.4 is 0 Å². The van der Waals surface area contributed by atoms with E-state index in [4.69, 9.17) is 16.3 Å². The van der Waals surface area contributed by atoms with E-state index in [-0.39, 0.29) is 5.60 Å². The van der Waals surface area contributed by atoms with Gasteiger partial charge in [-0.15, -0.1) is 11.3 Å². The number of halogens is 1. The van der Waals surface area contributed by atoms with Crippen molar-refractivity contribution >= 4 is 22.9 Å². The molecular weight excluding hydrogens is 282 g/mol. The number of nitrogens with zero attached hydrogens (tertiary/aromatic N) is 1. The molecular formula is C14H24ClNO2S. The molecule has 19 heavy (non-hydrogen) atoms. The Hall–Kier alpha value is -0.130. The Morgan fingerprint density at radius 2 is 2.11 bits per heavy atom. The number of rotatable bonds is 7. The van der Waals surface area contributed by atoms with E-state index >= 15 is 0 Å². The molecule has 1 rings (SSSR count). The lowest BCUT2D eigenvalue weighted by Gasteiger charge is -2.26. The summed E-state index contributed by atoms with van der Waals surface area (Å²) in [5.41, 5.74) is -0.209. The van der Waals surface area contributed by atoms with Crippen LogP contribution in [-0.4, -0.2) is 41.4 Å². The largest absolute Gasteiger partial charge is 0.389 e. The zero-order valence-electron chi connectivity index (χ0n) is 12.1. The maximum Gasteiger partial charge on any atom is 0.0931 e. The van der Waals surface area contributed by atoms with Gasteiger partial charge in [-0.1, -0.05) is 18.5 Å². The molecule has 1 atom stereocenters. The molecule has 0 fully saturated rings. The second-order valence-electron chi connectivity index (χ2n) is 5.61. The van der Waals surface area contributed by atoms with Gasteiger partial charge in [0.15, 0.2) is 0 Å². The first-order valence-electron chi connectivity index (χ1n) is 6.58. The number of hydrogen-bond acceptors (Lipinski definition) is 4. The van der Waals surface area contributed by atoms with Crippen LogP contribution in [0.1, 0.15) is 32.6 Å². The molecule has 3 nitrogen and oxygen atoms in total. The van der Waals surface area contributed by atoms with Crippen LogP contribution in [0.2, 0.25) is 4.34 Å². The number of hydrogen-bond donors (Lipinski definition) is 1. The Morgan fingerprint density at radius 3 is 2.58 bits per heavy atom. The van der Waals surface area contributed by atoms with Crippen molar-refractivity contribution in [1.29, 1.82) is 0 Å². The third kappa shape index (κ3) is 7.28. The second kappa shape index (κ2) is 7.60. The van der Waals surface area contributed by atoms with Crippen LogP contribution in [0.25, 0.3) is 0 Å². The number of likely N-dealkylation sites (N-methyl/N-ethyl adjacent to an activating group) is 1. The van der Waals surface area contributed by atoms with Crippen LogP contribution in [0.3, 0.4) is 0 Å². The topological polar surface area (TPSA) is 32.7 Å².